The Morgan fingerprint density at radius 1 is 0.927 bits per heavy atom. The highest BCUT2D eigenvalue weighted by Crippen LogP contribution is 2.69. The van der Waals surface area contributed by atoms with Crippen LogP contribution in [0.15, 0.2) is 11.3 Å². The van der Waals surface area contributed by atoms with Gasteiger partial charge >= 0.3 is 0 Å². The average Bonchev–Trinajstić information content (AvgIpc) is 3.43. The summed E-state index contributed by atoms with van der Waals surface area (Å²) in [6, 6.07) is 0. The quantitative estimate of drug-likeness (QED) is 0.311. The van der Waals surface area contributed by atoms with Crippen LogP contribution >= 0.6 is 0 Å². The third kappa shape index (κ3) is 5.01. The lowest BCUT2D eigenvalue weighted by atomic mass is 9.44. The smallest absolute Gasteiger partial charge is 0.186 e. The third-order valence-electron chi connectivity index (χ3n) is 13.1. The normalized spacial score (nSPS) is 51.8. The molecule has 1 saturated heterocycles. The minimum atomic E-state index is -1.42. The summed E-state index contributed by atoms with van der Waals surface area (Å²) in [4.78, 5) is 0. The largest absolute Gasteiger partial charge is 0.494 e. The molecule has 5 fully saturated rings. The first-order chi connectivity index (χ1) is 19.5. The van der Waals surface area contributed by atoms with Gasteiger partial charge in [0.05, 0.1) is 25.1 Å². The van der Waals surface area contributed by atoms with Crippen molar-refractivity contribution >= 4 is 0 Å². The summed E-state index contributed by atoms with van der Waals surface area (Å²) in [6.45, 7) is 9.39. The summed E-state index contributed by atoms with van der Waals surface area (Å²) in [7, 11) is 0. The minimum absolute atomic E-state index is 0.0917. The minimum Gasteiger partial charge on any atom is -0.494 e. The van der Waals surface area contributed by atoms with Crippen molar-refractivity contribution in [1.82, 2.24) is 0 Å². The molecule has 0 radical (unpaired) electrons. The molecule has 0 amide bonds. The summed E-state index contributed by atoms with van der Waals surface area (Å²) in [6.07, 6.45) is 5.25. The molecule has 4 saturated carbocycles. The van der Waals surface area contributed by atoms with E-state index >= 15 is 0 Å². The Hall–Kier alpha value is -0.740. The van der Waals surface area contributed by atoms with Crippen LogP contribution in [0.5, 0.6) is 0 Å². The highest BCUT2D eigenvalue weighted by atomic mass is 16.7. The van der Waals surface area contributed by atoms with Gasteiger partial charge in [-0.15, -0.1) is 0 Å². The number of allylic oxidation sites excluding steroid dienone is 1. The lowest BCUT2D eigenvalue weighted by molar-refractivity contribution is -0.303. The zero-order chi connectivity index (χ0) is 29.3. The van der Waals surface area contributed by atoms with Crippen molar-refractivity contribution in [3.63, 3.8) is 0 Å². The lowest BCUT2D eigenvalue weighted by Crippen LogP contribution is -2.59. The standard InChI is InChI=1S/C33H54O8/c1-17(16-39-31-30(38)29(37)28(36)26(15-34)41-31)5-8-24-18(2)27-25(40-24)14-23-21-7-6-19-13-20(35)9-11-32(19,3)22(21)10-12-33(23,27)4/h17,19-23,25-31,34-38H,5-16H2,1-4H3/t17-,19+,20-,21+,22-,23-,25-,26?,27-,28+,29?,30?,31+,32-,33-/m0/s1. The maximum Gasteiger partial charge on any atom is 0.186 e. The van der Waals surface area contributed by atoms with Crippen molar-refractivity contribution in [3.05, 3.63) is 11.3 Å². The Morgan fingerprint density at radius 3 is 2.44 bits per heavy atom. The Balaban J connectivity index is 1.06. The summed E-state index contributed by atoms with van der Waals surface area (Å²) in [5, 5.41) is 50.0. The van der Waals surface area contributed by atoms with Gasteiger partial charge in [-0.05, 0) is 111 Å². The first-order valence-corrected chi connectivity index (χ1v) is 16.4. The molecule has 8 nitrogen and oxygen atoms in total. The van der Waals surface area contributed by atoms with Crippen LogP contribution in [0.2, 0.25) is 0 Å². The van der Waals surface area contributed by atoms with Crippen LogP contribution in [0.25, 0.3) is 0 Å². The third-order valence-corrected chi connectivity index (χ3v) is 13.1. The van der Waals surface area contributed by atoms with E-state index in [-0.39, 0.29) is 18.1 Å². The molecule has 0 aromatic rings. The van der Waals surface area contributed by atoms with Crippen molar-refractivity contribution in [3.8, 4) is 0 Å². The van der Waals surface area contributed by atoms with Gasteiger partial charge in [-0.2, -0.15) is 0 Å². The maximum absolute atomic E-state index is 10.4. The van der Waals surface area contributed by atoms with E-state index in [2.05, 4.69) is 27.7 Å². The van der Waals surface area contributed by atoms with E-state index in [0.29, 0.717) is 29.3 Å². The zero-order valence-corrected chi connectivity index (χ0v) is 25.5. The number of aliphatic hydroxyl groups is 5. The van der Waals surface area contributed by atoms with E-state index in [1.165, 1.54) is 44.1 Å². The molecule has 0 spiro atoms. The predicted octanol–water partition coefficient (Wildman–Crippen LogP) is 3.52. The molecular weight excluding hydrogens is 524 g/mol. The molecule has 5 N–H and O–H groups in total. The van der Waals surface area contributed by atoms with Crippen LogP contribution in [-0.2, 0) is 14.2 Å². The van der Waals surface area contributed by atoms with Crippen molar-refractivity contribution in [2.75, 3.05) is 13.2 Å². The second-order valence-electron chi connectivity index (χ2n) is 15.3. The van der Waals surface area contributed by atoms with Crippen molar-refractivity contribution in [2.24, 2.45) is 46.3 Å². The number of fused-ring (bicyclic) bond motifs is 7. The van der Waals surface area contributed by atoms with Crippen LogP contribution in [0.4, 0.5) is 0 Å². The second kappa shape index (κ2) is 11.3. The van der Waals surface area contributed by atoms with Crippen LogP contribution in [0.3, 0.4) is 0 Å². The van der Waals surface area contributed by atoms with Crippen molar-refractivity contribution < 1.29 is 39.7 Å². The van der Waals surface area contributed by atoms with Gasteiger partial charge in [0.2, 0.25) is 0 Å². The molecule has 0 aromatic carbocycles. The topological polar surface area (TPSA) is 129 Å². The highest BCUT2D eigenvalue weighted by Gasteiger charge is 2.64. The molecule has 0 bridgehead atoms. The van der Waals surface area contributed by atoms with Crippen LogP contribution in [-0.4, -0.2) is 81.7 Å². The van der Waals surface area contributed by atoms with E-state index in [4.69, 9.17) is 14.2 Å². The van der Waals surface area contributed by atoms with Crippen LogP contribution in [0.1, 0.15) is 91.9 Å². The predicted molar refractivity (Wildman–Crippen MR) is 152 cm³/mol. The summed E-state index contributed by atoms with van der Waals surface area (Å²) < 4.78 is 18.0. The van der Waals surface area contributed by atoms with Gasteiger partial charge in [0, 0.05) is 12.3 Å². The molecular formula is C33H54O8. The highest BCUT2D eigenvalue weighted by molar-refractivity contribution is 5.26. The molecule has 6 rings (SSSR count). The first kappa shape index (κ1) is 30.3. The molecule has 3 unspecified atom stereocenters. The van der Waals surface area contributed by atoms with Gasteiger partial charge in [0.1, 0.15) is 30.5 Å². The van der Waals surface area contributed by atoms with Gasteiger partial charge in [0.15, 0.2) is 6.29 Å². The van der Waals surface area contributed by atoms with Gasteiger partial charge < -0.3 is 39.7 Å². The van der Waals surface area contributed by atoms with Crippen LogP contribution < -0.4 is 0 Å². The van der Waals surface area contributed by atoms with Gasteiger partial charge in [-0.25, -0.2) is 0 Å². The molecule has 2 heterocycles. The zero-order valence-electron chi connectivity index (χ0n) is 25.5. The number of rotatable bonds is 7. The SMILES string of the molecule is CC1=C(CC[C@H](C)CO[C@@H]2OC(CO)[C@@H](O)C(O)C2O)O[C@H]2C[C@H]3[C@@H]4CC[C@@H]5C[C@@H](O)CC[C@]5(C)[C@H]4CC[C@]3(C)[C@@H]12. The molecule has 4 aliphatic carbocycles. The maximum atomic E-state index is 10.4. The Kier molecular flexibility index (Phi) is 8.36. The average molecular weight is 579 g/mol. The number of aliphatic hydroxyl groups excluding tert-OH is 5. The Morgan fingerprint density at radius 2 is 1.68 bits per heavy atom. The molecule has 0 aromatic heterocycles. The number of ether oxygens (including phenoxy) is 3. The van der Waals surface area contributed by atoms with E-state index in [0.717, 1.165) is 49.2 Å². The van der Waals surface area contributed by atoms with Crippen molar-refractivity contribution in [1.29, 1.82) is 0 Å². The molecule has 8 heteroatoms. The number of hydrogen-bond donors (Lipinski definition) is 5. The Labute approximate surface area is 245 Å². The summed E-state index contributed by atoms with van der Waals surface area (Å²) >= 11 is 0. The first-order valence-electron chi connectivity index (χ1n) is 16.4. The van der Waals surface area contributed by atoms with Gasteiger partial charge in [0.25, 0.3) is 0 Å². The molecule has 234 valence electrons. The lowest BCUT2D eigenvalue weighted by Gasteiger charge is -2.60. The summed E-state index contributed by atoms with van der Waals surface area (Å²) in [5.41, 5.74) is 2.14. The fourth-order valence-corrected chi connectivity index (χ4v) is 10.7. The second-order valence-corrected chi connectivity index (χ2v) is 15.3. The molecule has 41 heavy (non-hydrogen) atoms. The van der Waals surface area contributed by atoms with E-state index in [1.807, 2.05) is 0 Å². The van der Waals surface area contributed by atoms with E-state index in [1.54, 1.807) is 0 Å². The van der Waals surface area contributed by atoms with Crippen LogP contribution in [0, 0.1) is 46.3 Å². The molecule has 2 aliphatic heterocycles. The monoisotopic (exact) mass is 578 g/mol. The van der Waals surface area contributed by atoms with Gasteiger partial charge in [-0.1, -0.05) is 20.8 Å². The van der Waals surface area contributed by atoms with Crippen molar-refractivity contribution in [2.45, 2.75) is 135 Å². The Bertz CT molecular complexity index is 984. The fraction of sp³-hybridized carbons (Fsp3) is 0.939. The fourth-order valence-electron chi connectivity index (χ4n) is 10.7. The molecule has 15 atom stereocenters. The van der Waals surface area contributed by atoms with E-state index < -0.39 is 37.3 Å². The van der Waals surface area contributed by atoms with Gasteiger partial charge in [-0.3, -0.25) is 0 Å². The number of hydrogen-bond acceptors (Lipinski definition) is 8. The summed E-state index contributed by atoms with van der Waals surface area (Å²) in [5.74, 6) is 4.82. The molecule has 6 aliphatic rings. The van der Waals surface area contributed by atoms with E-state index in [9.17, 15) is 25.5 Å².